The van der Waals surface area contributed by atoms with Crippen molar-refractivity contribution in [3.8, 4) is 0 Å². The van der Waals surface area contributed by atoms with Gasteiger partial charge in [0.1, 0.15) is 0 Å². The van der Waals surface area contributed by atoms with E-state index < -0.39 is 0 Å². The van der Waals surface area contributed by atoms with E-state index in [2.05, 4.69) is 30.2 Å². The lowest BCUT2D eigenvalue weighted by Crippen LogP contribution is -2.51. The molecular weight excluding hydrogens is 254 g/mol. The van der Waals surface area contributed by atoms with Crippen LogP contribution in [0.1, 0.15) is 33.1 Å². The van der Waals surface area contributed by atoms with Gasteiger partial charge in [0.25, 0.3) is 0 Å². The predicted molar refractivity (Wildman–Crippen MR) is 76.9 cm³/mol. The first-order valence-electron chi connectivity index (χ1n) is 7.33. The number of nitrogens with zero attached hydrogens (tertiary/aromatic N) is 2. The Morgan fingerprint density at radius 1 is 1.55 bits per heavy atom. The van der Waals surface area contributed by atoms with Crippen LogP contribution in [0.4, 0.5) is 0 Å². The molecule has 20 heavy (non-hydrogen) atoms. The third kappa shape index (κ3) is 2.26. The number of amides is 1. The fourth-order valence-electron chi connectivity index (χ4n) is 3.21. The van der Waals surface area contributed by atoms with Gasteiger partial charge in [0.2, 0.25) is 5.91 Å². The summed E-state index contributed by atoms with van der Waals surface area (Å²) in [7, 11) is 0. The summed E-state index contributed by atoms with van der Waals surface area (Å²) in [5.41, 5.74) is 2.39. The predicted octanol–water partition coefficient (Wildman–Crippen LogP) is 1.78. The minimum absolute atomic E-state index is 0.0681. The van der Waals surface area contributed by atoms with Crippen LogP contribution >= 0.6 is 0 Å². The van der Waals surface area contributed by atoms with E-state index >= 15 is 0 Å². The fraction of sp³-hybridized carbons (Fsp3) is 0.600. The van der Waals surface area contributed by atoms with Crippen molar-refractivity contribution in [2.24, 2.45) is 10.9 Å². The summed E-state index contributed by atoms with van der Waals surface area (Å²) in [5.74, 6) is 0.352. The minimum Gasteiger partial charge on any atom is -0.352 e. The Labute approximate surface area is 119 Å². The quantitative estimate of drug-likeness (QED) is 0.799. The van der Waals surface area contributed by atoms with Crippen molar-refractivity contribution in [3.63, 3.8) is 0 Å². The van der Waals surface area contributed by atoms with Gasteiger partial charge >= 0.3 is 0 Å². The van der Waals surface area contributed by atoms with Crippen LogP contribution in [0.2, 0.25) is 0 Å². The minimum atomic E-state index is -0.0681. The zero-order valence-electron chi connectivity index (χ0n) is 12.0. The SMILES string of the molecule is CCCON1C=C2CC(=O)NC(C)C2C2=CCC=NC21. The number of fused-ring (bicyclic) bond motifs is 3. The summed E-state index contributed by atoms with van der Waals surface area (Å²) in [6.07, 6.45) is 8.34. The molecule has 1 amide bonds. The molecule has 3 rings (SSSR count). The number of carbonyl (C=O) groups is 1. The third-order valence-corrected chi connectivity index (χ3v) is 3.99. The molecule has 0 aromatic carbocycles. The summed E-state index contributed by atoms with van der Waals surface area (Å²) in [6.45, 7) is 4.81. The van der Waals surface area contributed by atoms with Crippen molar-refractivity contribution >= 4 is 12.1 Å². The van der Waals surface area contributed by atoms with Crippen molar-refractivity contribution in [1.29, 1.82) is 0 Å². The summed E-state index contributed by atoms with van der Waals surface area (Å²) in [6, 6.07) is 0.123. The van der Waals surface area contributed by atoms with Crippen molar-refractivity contribution < 1.29 is 9.63 Å². The highest BCUT2D eigenvalue weighted by Gasteiger charge is 2.41. The number of hydrogen-bond acceptors (Lipinski definition) is 4. The molecule has 0 saturated carbocycles. The second-order valence-corrected chi connectivity index (χ2v) is 5.55. The van der Waals surface area contributed by atoms with E-state index in [0.29, 0.717) is 13.0 Å². The van der Waals surface area contributed by atoms with E-state index in [1.165, 1.54) is 5.57 Å². The molecule has 0 spiro atoms. The van der Waals surface area contributed by atoms with Gasteiger partial charge in [0.15, 0.2) is 6.17 Å². The Morgan fingerprint density at radius 2 is 2.40 bits per heavy atom. The molecule has 3 aliphatic heterocycles. The average Bonchev–Trinajstić information content (AvgIpc) is 2.43. The van der Waals surface area contributed by atoms with Gasteiger partial charge in [-0.1, -0.05) is 13.0 Å². The Balaban J connectivity index is 1.94. The molecule has 0 aromatic heterocycles. The molecule has 0 radical (unpaired) electrons. The van der Waals surface area contributed by atoms with Gasteiger partial charge in [0, 0.05) is 30.8 Å². The summed E-state index contributed by atoms with van der Waals surface area (Å²) >= 11 is 0. The number of dihydropyridines is 1. The molecule has 5 nitrogen and oxygen atoms in total. The second-order valence-electron chi connectivity index (χ2n) is 5.55. The zero-order chi connectivity index (χ0) is 14.1. The van der Waals surface area contributed by atoms with Crippen LogP contribution in [0, 0.1) is 5.92 Å². The summed E-state index contributed by atoms with van der Waals surface area (Å²) in [4.78, 5) is 22.1. The lowest BCUT2D eigenvalue weighted by molar-refractivity contribution is -0.146. The van der Waals surface area contributed by atoms with Gasteiger partial charge in [0.05, 0.1) is 13.0 Å². The van der Waals surface area contributed by atoms with Crippen LogP contribution in [0.3, 0.4) is 0 Å². The maximum Gasteiger partial charge on any atom is 0.224 e. The van der Waals surface area contributed by atoms with Crippen molar-refractivity contribution in [1.82, 2.24) is 10.4 Å². The second kappa shape index (κ2) is 5.40. The van der Waals surface area contributed by atoms with Crippen LogP contribution in [-0.4, -0.2) is 36.0 Å². The van der Waals surface area contributed by atoms with E-state index in [9.17, 15) is 4.79 Å². The maximum atomic E-state index is 11.7. The standard InChI is InChI=1S/C15H21N3O2/c1-3-7-20-18-9-11-8-13(19)17-10(2)14(11)12-5-4-6-16-15(12)18/h5-6,9-10,14-15H,3-4,7-8H2,1-2H3,(H,17,19). The molecule has 3 atom stereocenters. The Hall–Kier alpha value is -1.62. The summed E-state index contributed by atoms with van der Waals surface area (Å²) < 4.78 is 0. The van der Waals surface area contributed by atoms with Crippen LogP contribution in [0.25, 0.3) is 0 Å². The van der Waals surface area contributed by atoms with E-state index in [4.69, 9.17) is 4.84 Å². The first-order valence-corrected chi connectivity index (χ1v) is 7.33. The number of allylic oxidation sites excluding steroid dienone is 1. The van der Waals surface area contributed by atoms with E-state index in [0.717, 1.165) is 18.4 Å². The molecule has 1 fully saturated rings. The van der Waals surface area contributed by atoms with Gasteiger partial charge in [-0.2, -0.15) is 0 Å². The van der Waals surface area contributed by atoms with E-state index in [1.807, 2.05) is 17.5 Å². The number of piperidine rings is 1. The van der Waals surface area contributed by atoms with Crippen LogP contribution in [-0.2, 0) is 9.63 Å². The smallest absolute Gasteiger partial charge is 0.224 e. The number of hydroxylamine groups is 2. The largest absolute Gasteiger partial charge is 0.352 e. The molecule has 0 aromatic rings. The van der Waals surface area contributed by atoms with Gasteiger partial charge < -0.3 is 5.32 Å². The molecule has 108 valence electrons. The molecule has 3 unspecified atom stereocenters. The average molecular weight is 275 g/mol. The number of rotatable bonds is 3. The van der Waals surface area contributed by atoms with Gasteiger partial charge in [-0.15, -0.1) is 0 Å². The lowest BCUT2D eigenvalue weighted by Gasteiger charge is -2.44. The molecular formula is C15H21N3O2. The monoisotopic (exact) mass is 275 g/mol. The van der Waals surface area contributed by atoms with Crippen LogP contribution < -0.4 is 5.32 Å². The van der Waals surface area contributed by atoms with Crippen LogP contribution in [0.5, 0.6) is 0 Å². The first-order chi connectivity index (χ1) is 9.70. The lowest BCUT2D eigenvalue weighted by atomic mass is 9.77. The van der Waals surface area contributed by atoms with Gasteiger partial charge in [-0.05, 0) is 24.5 Å². The Morgan fingerprint density at radius 3 is 3.20 bits per heavy atom. The number of aliphatic imine (C=N–C) groups is 1. The summed E-state index contributed by atoms with van der Waals surface area (Å²) in [5, 5.41) is 4.86. The van der Waals surface area contributed by atoms with Crippen molar-refractivity contribution in [3.05, 3.63) is 23.4 Å². The highest BCUT2D eigenvalue weighted by atomic mass is 16.7. The third-order valence-electron chi connectivity index (χ3n) is 3.99. The molecule has 0 bridgehead atoms. The van der Waals surface area contributed by atoms with Crippen molar-refractivity contribution in [2.75, 3.05) is 6.61 Å². The van der Waals surface area contributed by atoms with Gasteiger partial charge in [-0.25, -0.2) is 5.06 Å². The fourth-order valence-corrected chi connectivity index (χ4v) is 3.21. The highest BCUT2D eigenvalue weighted by Crippen LogP contribution is 2.39. The first kappa shape index (κ1) is 13.4. The van der Waals surface area contributed by atoms with Crippen molar-refractivity contribution in [2.45, 2.75) is 45.3 Å². The highest BCUT2D eigenvalue weighted by molar-refractivity contribution is 5.81. The number of hydrogen-bond donors (Lipinski definition) is 1. The van der Waals surface area contributed by atoms with E-state index in [1.54, 1.807) is 0 Å². The Kier molecular flexibility index (Phi) is 3.61. The number of nitrogens with one attached hydrogen (secondary N) is 1. The molecule has 3 heterocycles. The topological polar surface area (TPSA) is 53.9 Å². The van der Waals surface area contributed by atoms with Gasteiger partial charge in [-0.3, -0.25) is 14.6 Å². The van der Waals surface area contributed by atoms with E-state index in [-0.39, 0.29) is 24.0 Å². The molecule has 5 heteroatoms. The molecule has 0 aliphatic carbocycles. The molecule has 3 aliphatic rings. The Bertz CT molecular complexity index is 495. The maximum absolute atomic E-state index is 11.7. The number of carbonyl (C=O) groups excluding carboxylic acids is 1. The van der Waals surface area contributed by atoms with Crippen LogP contribution in [0.15, 0.2) is 28.4 Å². The molecule has 1 saturated heterocycles. The zero-order valence-corrected chi connectivity index (χ0v) is 12.0. The molecule has 1 N–H and O–H groups in total. The normalized spacial score (nSPS) is 32.0.